The van der Waals surface area contributed by atoms with Crippen molar-refractivity contribution < 1.29 is 27.6 Å². The summed E-state index contributed by atoms with van der Waals surface area (Å²) in [6.07, 6.45) is 0.964. The molecule has 0 saturated heterocycles. The molecule has 0 bridgehead atoms. The summed E-state index contributed by atoms with van der Waals surface area (Å²) in [7, 11) is -5.15. The molecule has 1 aromatic carbocycles. The summed E-state index contributed by atoms with van der Waals surface area (Å²) in [4.78, 5) is -0.183. The van der Waals surface area contributed by atoms with Gasteiger partial charge in [0.05, 0.1) is 16.1 Å². The van der Waals surface area contributed by atoms with E-state index in [-0.39, 0.29) is 10.4 Å². The van der Waals surface area contributed by atoms with Crippen LogP contribution in [0.3, 0.4) is 0 Å². The Balaban J connectivity index is 3.08. The van der Waals surface area contributed by atoms with Crippen LogP contribution in [0.5, 0.6) is 0 Å². The highest BCUT2D eigenvalue weighted by molar-refractivity contribution is 7.90. The zero-order chi connectivity index (χ0) is 16.6. The van der Waals surface area contributed by atoms with Crippen molar-refractivity contribution >= 4 is 22.4 Å². The molecule has 0 heterocycles. The van der Waals surface area contributed by atoms with Crippen LogP contribution in [0.1, 0.15) is 27.7 Å². The minimum absolute atomic E-state index is 0.183. The third-order valence-corrected chi connectivity index (χ3v) is 4.66. The maximum absolute atomic E-state index is 13.9. The minimum atomic E-state index is -3.53. The molecule has 8 heteroatoms. The second-order valence-corrected chi connectivity index (χ2v) is 8.01. The Labute approximate surface area is 124 Å². The molecule has 0 radical (unpaired) electrons. The number of benzene rings is 1. The SMILES string of the molecule is CC(C)(O)C(C)(C)OB(O)c1ccc(S(C)(=O)=O)cc1F. The highest BCUT2D eigenvalue weighted by Gasteiger charge is 2.40. The van der Waals surface area contributed by atoms with Crippen LogP contribution in [-0.2, 0) is 14.5 Å². The summed E-state index contributed by atoms with van der Waals surface area (Å²) < 4.78 is 41.9. The van der Waals surface area contributed by atoms with Crippen LogP contribution in [0, 0.1) is 5.82 Å². The van der Waals surface area contributed by atoms with Crippen LogP contribution in [0.25, 0.3) is 0 Å². The number of hydrogen-bond donors (Lipinski definition) is 2. The summed E-state index contributed by atoms with van der Waals surface area (Å²) >= 11 is 0. The molecule has 1 aromatic rings. The maximum Gasteiger partial charge on any atom is 0.494 e. The molecule has 0 aliphatic rings. The molecule has 0 saturated carbocycles. The lowest BCUT2D eigenvalue weighted by Crippen LogP contribution is -2.53. The van der Waals surface area contributed by atoms with Crippen molar-refractivity contribution in [1.82, 2.24) is 0 Å². The van der Waals surface area contributed by atoms with Crippen molar-refractivity contribution in [3.05, 3.63) is 24.0 Å². The predicted octanol–water partition coefficient (Wildman–Crippen LogP) is 0.483. The van der Waals surface area contributed by atoms with Gasteiger partial charge in [0.1, 0.15) is 5.82 Å². The molecule has 0 aliphatic carbocycles. The molecule has 0 spiro atoms. The monoisotopic (exact) mass is 318 g/mol. The summed E-state index contributed by atoms with van der Waals surface area (Å²) in [5.74, 6) is -0.892. The molecule has 5 nitrogen and oxygen atoms in total. The van der Waals surface area contributed by atoms with E-state index in [1.165, 1.54) is 19.9 Å². The van der Waals surface area contributed by atoms with Gasteiger partial charge < -0.3 is 14.8 Å². The van der Waals surface area contributed by atoms with Crippen molar-refractivity contribution in [2.24, 2.45) is 0 Å². The lowest BCUT2D eigenvalue weighted by Gasteiger charge is -2.38. The van der Waals surface area contributed by atoms with Crippen LogP contribution in [0.4, 0.5) is 4.39 Å². The fourth-order valence-electron chi connectivity index (χ4n) is 1.43. The van der Waals surface area contributed by atoms with E-state index in [1.54, 1.807) is 13.8 Å². The van der Waals surface area contributed by atoms with E-state index in [1.807, 2.05) is 0 Å². The summed E-state index contributed by atoms with van der Waals surface area (Å²) in [6.45, 7) is 6.11. The van der Waals surface area contributed by atoms with E-state index in [0.29, 0.717) is 0 Å². The van der Waals surface area contributed by atoms with E-state index < -0.39 is 34.0 Å². The number of hydrogen-bond acceptors (Lipinski definition) is 5. The van der Waals surface area contributed by atoms with Crippen molar-refractivity contribution in [2.45, 2.75) is 43.8 Å². The number of aliphatic hydroxyl groups is 1. The summed E-state index contributed by atoms with van der Waals surface area (Å²) in [6, 6.07) is 3.17. The van der Waals surface area contributed by atoms with Gasteiger partial charge in [-0.05, 0) is 39.8 Å². The van der Waals surface area contributed by atoms with Gasteiger partial charge in [-0.25, -0.2) is 12.8 Å². The molecule has 0 aliphatic heterocycles. The Morgan fingerprint density at radius 3 is 2.14 bits per heavy atom. The topological polar surface area (TPSA) is 83.8 Å². The number of sulfone groups is 1. The van der Waals surface area contributed by atoms with Gasteiger partial charge in [-0.2, -0.15) is 0 Å². The molecule has 118 valence electrons. The molecular formula is C13H20BFO5S. The van der Waals surface area contributed by atoms with Gasteiger partial charge >= 0.3 is 7.12 Å². The normalized spacial score (nSPS) is 13.3. The van der Waals surface area contributed by atoms with Gasteiger partial charge in [-0.3, -0.25) is 0 Å². The van der Waals surface area contributed by atoms with Crippen LogP contribution in [0.15, 0.2) is 23.1 Å². The standard InChI is InChI=1S/C13H20BFO5S/c1-12(2,16)13(3,4)20-14(17)10-7-6-9(8-11(10)15)21(5,18)19/h6-8,16-17H,1-5H3. The molecule has 1 rings (SSSR count). The predicted molar refractivity (Wildman–Crippen MR) is 78.6 cm³/mol. The van der Waals surface area contributed by atoms with Crippen LogP contribution in [-0.4, -0.2) is 43.1 Å². The lowest BCUT2D eigenvalue weighted by molar-refractivity contribution is -0.0983. The molecule has 0 unspecified atom stereocenters. The first-order chi connectivity index (χ1) is 9.25. The van der Waals surface area contributed by atoms with Gasteiger partial charge in [0.2, 0.25) is 0 Å². The van der Waals surface area contributed by atoms with Crippen molar-refractivity contribution in [3.63, 3.8) is 0 Å². The smallest absolute Gasteiger partial charge is 0.423 e. The second kappa shape index (κ2) is 5.68. The molecule has 0 aromatic heterocycles. The van der Waals surface area contributed by atoms with E-state index in [4.69, 9.17) is 4.65 Å². The van der Waals surface area contributed by atoms with Crippen LogP contribution < -0.4 is 5.46 Å². The highest BCUT2D eigenvalue weighted by atomic mass is 32.2. The van der Waals surface area contributed by atoms with Crippen LogP contribution >= 0.6 is 0 Å². The van der Waals surface area contributed by atoms with Crippen molar-refractivity contribution in [3.8, 4) is 0 Å². The van der Waals surface area contributed by atoms with Gasteiger partial charge in [0.25, 0.3) is 0 Å². The zero-order valence-electron chi connectivity index (χ0n) is 12.7. The van der Waals surface area contributed by atoms with Gasteiger partial charge in [-0.15, -0.1) is 0 Å². The largest absolute Gasteiger partial charge is 0.494 e. The Kier molecular flexibility index (Phi) is 4.89. The van der Waals surface area contributed by atoms with E-state index in [9.17, 15) is 22.9 Å². The molecule has 0 atom stereocenters. The van der Waals surface area contributed by atoms with Crippen molar-refractivity contribution in [1.29, 1.82) is 0 Å². The average molecular weight is 318 g/mol. The highest BCUT2D eigenvalue weighted by Crippen LogP contribution is 2.25. The zero-order valence-corrected chi connectivity index (χ0v) is 13.5. The minimum Gasteiger partial charge on any atom is -0.423 e. The maximum atomic E-state index is 13.9. The van der Waals surface area contributed by atoms with Crippen LogP contribution in [0.2, 0.25) is 0 Å². The van der Waals surface area contributed by atoms with Crippen molar-refractivity contribution in [2.75, 3.05) is 6.26 Å². The molecule has 0 amide bonds. The first kappa shape index (κ1) is 18.1. The fraction of sp³-hybridized carbons (Fsp3) is 0.538. The Morgan fingerprint density at radius 2 is 1.76 bits per heavy atom. The Hall–Kier alpha value is -0.955. The lowest BCUT2D eigenvalue weighted by atomic mass is 9.76. The summed E-state index contributed by atoms with van der Waals surface area (Å²) in [5.41, 5.74) is -2.61. The Bertz CT molecular complexity index is 622. The van der Waals surface area contributed by atoms with Gasteiger partial charge in [-0.1, -0.05) is 6.07 Å². The molecule has 0 fully saturated rings. The Morgan fingerprint density at radius 1 is 1.24 bits per heavy atom. The molecular weight excluding hydrogens is 298 g/mol. The second-order valence-electron chi connectivity index (χ2n) is 6.00. The number of halogens is 1. The van der Waals surface area contributed by atoms with Gasteiger partial charge in [0, 0.05) is 11.7 Å². The van der Waals surface area contributed by atoms with E-state index in [2.05, 4.69) is 0 Å². The van der Waals surface area contributed by atoms with Gasteiger partial charge in [0.15, 0.2) is 9.84 Å². The first-order valence-corrected chi connectivity index (χ1v) is 8.22. The first-order valence-electron chi connectivity index (χ1n) is 6.33. The third-order valence-electron chi connectivity index (χ3n) is 3.55. The molecule has 2 N–H and O–H groups in total. The average Bonchev–Trinajstić information content (AvgIpc) is 2.24. The van der Waals surface area contributed by atoms with E-state index >= 15 is 0 Å². The van der Waals surface area contributed by atoms with E-state index in [0.717, 1.165) is 18.4 Å². The molecule has 21 heavy (non-hydrogen) atoms. The number of rotatable bonds is 5. The third kappa shape index (κ3) is 4.26. The summed E-state index contributed by atoms with van der Waals surface area (Å²) in [5, 5.41) is 19.9. The fourth-order valence-corrected chi connectivity index (χ4v) is 2.06. The quantitative estimate of drug-likeness (QED) is 0.772.